The Kier molecular flexibility index (Phi) is 14.0. The van der Waals surface area contributed by atoms with Gasteiger partial charge in [-0.1, -0.05) is 72.8 Å². The van der Waals surface area contributed by atoms with Gasteiger partial charge in [-0.2, -0.15) is 0 Å². The average Bonchev–Trinajstić information content (AvgIpc) is 3.54. The van der Waals surface area contributed by atoms with Gasteiger partial charge in [-0.15, -0.1) is 34.0 Å². The van der Waals surface area contributed by atoms with Gasteiger partial charge < -0.3 is 9.47 Å². The van der Waals surface area contributed by atoms with Crippen LogP contribution >= 0.6 is 34.0 Å². The molecule has 0 aromatic rings. The normalized spacial score (nSPS) is 40.4. The van der Waals surface area contributed by atoms with Gasteiger partial charge in [-0.05, 0) is 129 Å². The van der Waals surface area contributed by atoms with Gasteiger partial charge in [-0.3, -0.25) is 0 Å². The van der Waals surface area contributed by atoms with Gasteiger partial charge in [0.15, 0.2) is 12.4 Å². The van der Waals surface area contributed by atoms with E-state index < -0.39 is 0 Å². The third-order valence-corrected chi connectivity index (χ3v) is 18.0. The lowest BCUT2D eigenvalue weighted by Gasteiger charge is -2.73. The summed E-state index contributed by atoms with van der Waals surface area (Å²) in [6.45, 7) is 26.3. The predicted molar refractivity (Wildman–Crippen MR) is 239 cm³/mol. The minimum Gasteiger partial charge on any atom is -0.460 e. The molecule has 2 aliphatic heterocycles. The molecule has 0 radical (unpaired) electrons. The number of esters is 2. The van der Waals surface area contributed by atoms with E-state index in [2.05, 4.69) is 108 Å². The second-order valence-corrected chi connectivity index (χ2v) is 20.5. The molecular weight excluding hydrogens is 828 g/mol. The fourth-order valence-electron chi connectivity index (χ4n) is 15.0. The van der Waals surface area contributed by atoms with Gasteiger partial charge in [0.2, 0.25) is 12.1 Å². The van der Waals surface area contributed by atoms with Crippen LogP contribution in [0.25, 0.3) is 0 Å². The van der Waals surface area contributed by atoms with Gasteiger partial charge in [0.05, 0.1) is 6.61 Å². The highest BCUT2D eigenvalue weighted by atomic mass is 79.9. The van der Waals surface area contributed by atoms with Crippen molar-refractivity contribution in [3.8, 4) is 0 Å². The maximum atomic E-state index is 13.8. The number of hydrogen-bond acceptors (Lipinski definition) is 4. The molecule has 2 heterocycles. The topological polar surface area (TPSA) is 58.6 Å². The van der Waals surface area contributed by atoms with Crippen LogP contribution in [0.15, 0.2) is 36.5 Å². The lowest BCUT2D eigenvalue weighted by molar-refractivity contribution is -0.551. The first-order chi connectivity index (χ1) is 25.7. The van der Waals surface area contributed by atoms with Crippen LogP contribution in [0.2, 0.25) is 0 Å². The number of carbonyl (C=O) groups excluding carboxylic acids is 2. The van der Waals surface area contributed by atoms with E-state index in [-0.39, 0.29) is 91.2 Å². The Balaban J connectivity index is 0.00000300. The van der Waals surface area contributed by atoms with Crippen molar-refractivity contribution in [3.63, 3.8) is 0 Å². The molecule has 7 aliphatic rings. The van der Waals surface area contributed by atoms with Crippen LogP contribution in [0.5, 0.6) is 0 Å². The number of ether oxygens (including phenoxy) is 2. The van der Waals surface area contributed by atoms with Gasteiger partial charge in [-0.25, -0.2) is 18.7 Å². The van der Waals surface area contributed by atoms with Crippen LogP contribution < -0.4 is 0 Å². The maximum Gasteiger partial charge on any atom is 0.375 e. The summed E-state index contributed by atoms with van der Waals surface area (Å²) in [5.74, 6) is 2.71. The number of fused-ring (bicyclic) bond motifs is 7. The fourth-order valence-corrected chi connectivity index (χ4v) is 15.0. The molecule has 0 spiro atoms. The minimum absolute atomic E-state index is 0. The van der Waals surface area contributed by atoms with Crippen LogP contribution in [-0.2, 0) is 19.1 Å². The standard InChI is InChI=1S/C48H74N2O4.2BrH/c1-10-36(49-28-14-12-15-29-49)42(51)53-32-48-25-20-34(33(3)4)41(48)35-18-19-39-45(7)23-22-40(54-43(52)37(11-2)50-30-16-13-17-31-50)44(5,6)38(45)21-24-47(39,9)46(35,8)26-27-48;;/h12-14,16,28,30,34-41H,3,10-11,15,17-27,29,31-32H2,1-2,4-9H3;2*1H/q+2;;/t34-,35?,36?,37?,38?,39?,40-,41?,45-,46+,47+,48+;;/m0../s1. The Morgan fingerprint density at radius 2 is 1.38 bits per heavy atom. The summed E-state index contributed by atoms with van der Waals surface area (Å²) >= 11 is 0. The first kappa shape index (κ1) is 45.5. The SMILES string of the molecule is Br.Br.C=C(C)[C@@H]1CC[C@]2(COC(=O)C(CC)[N+]3=CC=CCC3)CC[C@]3(C)C(CCC4[C@@]5(C)CC[C@H](OC(=O)C(CC)[N+]6=CC=CCC6)C(C)(C)C5CC[C@]43C)C12. The number of halogens is 2. The van der Waals surface area contributed by atoms with E-state index in [0.717, 1.165) is 64.5 Å². The molecule has 5 aliphatic carbocycles. The molecule has 0 aromatic heterocycles. The third-order valence-electron chi connectivity index (χ3n) is 18.0. The van der Waals surface area contributed by atoms with E-state index in [0.29, 0.717) is 36.2 Å². The summed E-state index contributed by atoms with van der Waals surface area (Å²) in [4.78, 5) is 27.6. The first-order valence-corrected chi connectivity index (χ1v) is 22.2. The zero-order valence-corrected chi connectivity index (χ0v) is 39.6. The highest BCUT2D eigenvalue weighted by Crippen LogP contribution is 2.77. The zero-order valence-electron chi connectivity index (χ0n) is 36.2. The van der Waals surface area contributed by atoms with E-state index in [4.69, 9.17) is 9.47 Å². The largest absolute Gasteiger partial charge is 0.460 e. The molecule has 5 saturated carbocycles. The lowest BCUT2D eigenvalue weighted by Crippen LogP contribution is -2.67. The van der Waals surface area contributed by atoms with Crippen molar-refractivity contribution in [1.29, 1.82) is 0 Å². The van der Waals surface area contributed by atoms with E-state index >= 15 is 0 Å². The van der Waals surface area contributed by atoms with Crippen LogP contribution in [0, 0.1) is 56.7 Å². The Bertz CT molecular complexity index is 1620. The van der Waals surface area contributed by atoms with Crippen molar-refractivity contribution < 1.29 is 28.2 Å². The van der Waals surface area contributed by atoms with Gasteiger partial charge in [0.25, 0.3) is 0 Å². The van der Waals surface area contributed by atoms with Crippen molar-refractivity contribution in [2.45, 2.75) is 163 Å². The molecule has 7 rings (SSSR count). The zero-order chi connectivity index (χ0) is 38.7. The lowest BCUT2D eigenvalue weighted by atomic mass is 9.32. The van der Waals surface area contributed by atoms with Gasteiger partial charge in [0.1, 0.15) is 19.2 Å². The van der Waals surface area contributed by atoms with Crippen LogP contribution in [0.1, 0.15) is 145 Å². The molecule has 0 saturated heterocycles. The molecule has 0 N–H and O–H groups in total. The van der Waals surface area contributed by atoms with Crippen LogP contribution in [0.3, 0.4) is 0 Å². The number of nitrogens with zero attached hydrogens (tertiary/aromatic N) is 2. The van der Waals surface area contributed by atoms with Crippen molar-refractivity contribution >= 4 is 58.3 Å². The Hall–Kier alpha value is -1.54. The van der Waals surface area contributed by atoms with Gasteiger partial charge >= 0.3 is 11.9 Å². The molecule has 8 heteroatoms. The van der Waals surface area contributed by atoms with E-state index in [1.807, 2.05) is 0 Å². The van der Waals surface area contributed by atoms with E-state index in [1.54, 1.807) is 0 Å². The monoisotopic (exact) mass is 902 g/mol. The summed E-state index contributed by atoms with van der Waals surface area (Å²) in [5.41, 5.74) is 1.97. The first-order valence-electron chi connectivity index (χ1n) is 22.2. The molecular formula is C48H76Br2N2O4+2. The number of carbonyl (C=O) groups is 2. The Morgan fingerprint density at radius 1 is 0.750 bits per heavy atom. The molecule has 6 nitrogen and oxygen atoms in total. The predicted octanol–water partition coefficient (Wildman–Crippen LogP) is 10.9. The highest BCUT2D eigenvalue weighted by Gasteiger charge is 2.71. The average molecular weight is 905 g/mol. The number of allylic oxidation sites excluding steroid dienone is 3. The molecule has 0 bridgehead atoms. The minimum atomic E-state index is -0.205. The molecule has 0 aromatic carbocycles. The Morgan fingerprint density at radius 3 is 1.95 bits per heavy atom. The summed E-state index contributed by atoms with van der Waals surface area (Å²) in [5, 5.41) is 0. The number of hydrogen-bond donors (Lipinski definition) is 0. The number of rotatable bonds is 10. The van der Waals surface area contributed by atoms with Crippen molar-refractivity contribution in [2.75, 3.05) is 19.7 Å². The molecule has 6 unspecified atom stereocenters. The second kappa shape index (κ2) is 17.2. The highest BCUT2D eigenvalue weighted by molar-refractivity contribution is 8.93. The molecule has 56 heavy (non-hydrogen) atoms. The Labute approximate surface area is 361 Å². The summed E-state index contributed by atoms with van der Waals surface area (Å²) in [6.07, 6.45) is 27.8. The van der Waals surface area contributed by atoms with E-state index in [9.17, 15) is 9.59 Å². The molecule has 0 amide bonds. The summed E-state index contributed by atoms with van der Waals surface area (Å²) < 4.78 is 17.4. The molecule has 314 valence electrons. The quantitative estimate of drug-likeness (QED) is 0.125. The smallest absolute Gasteiger partial charge is 0.375 e. The fraction of sp³-hybridized carbons (Fsp3) is 0.792. The van der Waals surface area contributed by atoms with Crippen LogP contribution in [-0.4, -0.2) is 71.4 Å². The second-order valence-electron chi connectivity index (χ2n) is 20.5. The van der Waals surface area contributed by atoms with Crippen molar-refractivity contribution in [1.82, 2.24) is 0 Å². The van der Waals surface area contributed by atoms with E-state index in [1.165, 1.54) is 44.1 Å². The molecule has 5 fully saturated rings. The maximum absolute atomic E-state index is 13.8. The van der Waals surface area contributed by atoms with Crippen molar-refractivity contribution in [2.24, 2.45) is 56.7 Å². The summed E-state index contributed by atoms with van der Waals surface area (Å²) in [7, 11) is 0. The van der Waals surface area contributed by atoms with Crippen molar-refractivity contribution in [3.05, 3.63) is 36.5 Å². The van der Waals surface area contributed by atoms with Crippen LogP contribution in [0.4, 0.5) is 0 Å². The summed E-state index contributed by atoms with van der Waals surface area (Å²) in [6, 6.07) is -0.410. The molecule has 12 atom stereocenters. The van der Waals surface area contributed by atoms with Gasteiger partial charge in [0, 0.05) is 36.5 Å². The third kappa shape index (κ3) is 7.35.